The number of hydrogen-bond acceptors (Lipinski definition) is 2. The minimum atomic E-state index is -0.471. The standard InChI is InChI=1S/C13H13FN2O/c1-7-3-8(2)16-13-10(7)4-9(5-11(13)14)6-12(15)17/h3-5H,6H2,1-2H3,(H2,15,17). The number of hydrogen-bond donors (Lipinski definition) is 1. The molecule has 88 valence electrons. The van der Waals surface area contributed by atoms with Crippen molar-refractivity contribution in [1.82, 2.24) is 4.98 Å². The number of aromatic nitrogens is 1. The Kier molecular flexibility index (Phi) is 2.79. The number of nitrogens with zero attached hydrogens (tertiary/aromatic N) is 1. The van der Waals surface area contributed by atoms with E-state index in [1.807, 2.05) is 19.9 Å². The molecule has 0 saturated carbocycles. The summed E-state index contributed by atoms with van der Waals surface area (Å²) in [5.41, 5.74) is 7.74. The number of nitrogens with two attached hydrogens (primary N) is 1. The van der Waals surface area contributed by atoms with E-state index >= 15 is 0 Å². The fourth-order valence-corrected chi connectivity index (χ4v) is 1.97. The second-order valence-electron chi connectivity index (χ2n) is 4.20. The maximum atomic E-state index is 13.8. The lowest BCUT2D eigenvalue weighted by atomic mass is 10.0. The van der Waals surface area contributed by atoms with Crippen LogP contribution in [0.3, 0.4) is 0 Å². The third kappa shape index (κ3) is 2.25. The fourth-order valence-electron chi connectivity index (χ4n) is 1.97. The van der Waals surface area contributed by atoms with Crippen LogP contribution in [-0.4, -0.2) is 10.9 Å². The predicted octanol–water partition coefficient (Wildman–Crippen LogP) is 2.02. The molecule has 1 heterocycles. The molecule has 2 N–H and O–H groups in total. The fraction of sp³-hybridized carbons (Fsp3) is 0.231. The van der Waals surface area contributed by atoms with Crippen LogP contribution >= 0.6 is 0 Å². The Morgan fingerprint density at radius 3 is 2.71 bits per heavy atom. The first-order valence-corrected chi connectivity index (χ1v) is 5.32. The number of amides is 1. The van der Waals surface area contributed by atoms with Gasteiger partial charge in [-0.3, -0.25) is 9.78 Å². The zero-order valence-electron chi connectivity index (χ0n) is 9.75. The van der Waals surface area contributed by atoms with Crippen molar-refractivity contribution in [2.24, 2.45) is 5.73 Å². The quantitative estimate of drug-likeness (QED) is 0.861. The van der Waals surface area contributed by atoms with E-state index in [2.05, 4.69) is 4.98 Å². The van der Waals surface area contributed by atoms with Gasteiger partial charge in [0.25, 0.3) is 0 Å². The molecule has 1 aromatic carbocycles. The lowest BCUT2D eigenvalue weighted by Gasteiger charge is -2.07. The maximum absolute atomic E-state index is 13.8. The number of carbonyl (C=O) groups is 1. The Morgan fingerprint density at radius 2 is 2.06 bits per heavy atom. The number of benzene rings is 1. The lowest BCUT2D eigenvalue weighted by molar-refractivity contribution is -0.117. The summed E-state index contributed by atoms with van der Waals surface area (Å²) in [6, 6.07) is 4.97. The minimum Gasteiger partial charge on any atom is -0.369 e. The normalized spacial score (nSPS) is 10.8. The zero-order chi connectivity index (χ0) is 12.6. The number of aryl methyl sites for hydroxylation is 2. The Bertz CT molecular complexity index is 608. The van der Waals surface area contributed by atoms with Gasteiger partial charge in [0.2, 0.25) is 5.91 Å². The molecule has 0 spiro atoms. The average molecular weight is 232 g/mol. The maximum Gasteiger partial charge on any atom is 0.221 e. The second-order valence-corrected chi connectivity index (χ2v) is 4.20. The third-order valence-electron chi connectivity index (χ3n) is 2.64. The van der Waals surface area contributed by atoms with E-state index in [-0.39, 0.29) is 6.42 Å². The second kappa shape index (κ2) is 4.13. The first-order chi connectivity index (χ1) is 7.97. The Morgan fingerprint density at radius 1 is 1.35 bits per heavy atom. The summed E-state index contributed by atoms with van der Waals surface area (Å²) in [4.78, 5) is 15.0. The highest BCUT2D eigenvalue weighted by Gasteiger charge is 2.09. The molecule has 1 amide bonds. The molecule has 4 heteroatoms. The van der Waals surface area contributed by atoms with Gasteiger partial charge in [0.1, 0.15) is 11.3 Å². The number of carbonyl (C=O) groups excluding carboxylic acids is 1. The summed E-state index contributed by atoms with van der Waals surface area (Å²) < 4.78 is 13.8. The number of fused-ring (bicyclic) bond motifs is 1. The average Bonchev–Trinajstić information content (AvgIpc) is 2.19. The van der Waals surface area contributed by atoms with Gasteiger partial charge in [-0.15, -0.1) is 0 Å². The highest BCUT2D eigenvalue weighted by Crippen LogP contribution is 2.22. The molecule has 3 nitrogen and oxygen atoms in total. The highest BCUT2D eigenvalue weighted by molar-refractivity contribution is 5.85. The van der Waals surface area contributed by atoms with Gasteiger partial charge in [0.15, 0.2) is 0 Å². The Hall–Kier alpha value is -1.97. The monoisotopic (exact) mass is 232 g/mol. The van der Waals surface area contributed by atoms with Gasteiger partial charge >= 0.3 is 0 Å². The molecule has 0 aliphatic heterocycles. The van der Waals surface area contributed by atoms with Crippen LogP contribution in [0.5, 0.6) is 0 Å². The van der Waals surface area contributed by atoms with Crippen molar-refractivity contribution in [1.29, 1.82) is 0 Å². The van der Waals surface area contributed by atoms with Gasteiger partial charge in [-0.25, -0.2) is 4.39 Å². The topological polar surface area (TPSA) is 56.0 Å². The van der Waals surface area contributed by atoms with Crippen LogP contribution in [0, 0.1) is 19.7 Å². The summed E-state index contributed by atoms with van der Waals surface area (Å²) in [5, 5.41) is 0.729. The number of pyridine rings is 1. The Balaban J connectivity index is 2.68. The molecule has 0 atom stereocenters. The van der Waals surface area contributed by atoms with Gasteiger partial charge in [-0.2, -0.15) is 0 Å². The molecule has 0 unspecified atom stereocenters. The van der Waals surface area contributed by atoms with Crippen molar-refractivity contribution in [3.63, 3.8) is 0 Å². The molecule has 2 rings (SSSR count). The van der Waals surface area contributed by atoms with Crippen LogP contribution in [-0.2, 0) is 11.2 Å². The first-order valence-electron chi connectivity index (χ1n) is 5.32. The van der Waals surface area contributed by atoms with E-state index in [1.54, 1.807) is 6.07 Å². The van der Waals surface area contributed by atoms with Gasteiger partial charge in [-0.05, 0) is 43.2 Å². The molecule has 0 radical (unpaired) electrons. The predicted molar refractivity (Wildman–Crippen MR) is 64.1 cm³/mol. The summed E-state index contributed by atoms with van der Waals surface area (Å²) in [6.45, 7) is 3.72. The zero-order valence-corrected chi connectivity index (χ0v) is 9.75. The van der Waals surface area contributed by atoms with E-state index in [1.165, 1.54) is 6.07 Å². The molecule has 0 saturated heterocycles. The van der Waals surface area contributed by atoms with Crippen molar-refractivity contribution in [3.05, 3.63) is 40.8 Å². The van der Waals surface area contributed by atoms with Gasteiger partial charge in [0.05, 0.1) is 6.42 Å². The smallest absolute Gasteiger partial charge is 0.221 e. The van der Waals surface area contributed by atoms with Crippen LogP contribution in [0.1, 0.15) is 16.8 Å². The van der Waals surface area contributed by atoms with Crippen LogP contribution in [0.2, 0.25) is 0 Å². The molecule has 1 aromatic heterocycles. The first kappa shape index (κ1) is 11.5. The van der Waals surface area contributed by atoms with Gasteiger partial charge in [-0.1, -0.05) is 0 Å². The van der Waals surface area contributed by atoms with Crippen LogP contribution in [0.4, 0.5) is 4.39 Å². The van der Waals surface area contributed by atoms with Crippen LogP contribution in [0.25, 0.3) is 10.9 Å². The highest BCUT2D eigenvalue weighted by atomic mass is 19.1. The lowest BCUT2D eigenvalue weighted by Crippen LogP contribution is -2.13. The molecule has 0 bridgehead atoms. The number of halogens is 1. The summed E-state index contributed by atoms with van der Waals surface area (Å²) in [7, 11) is 0. The Labute approximate surface area is 98.5 Å². The van der Waals surface area contributed by atoms with Crippen molar-refractivity contribution in [2.75, 3.05) is 0 Å². The van der Waals surface area contributed by atoms with Crippen LogP contribution in [0.15, 0.2) is 18.2 Å². The van der Waals surface area contributed by atoms with E-state index in [0.29, 0.717) is 11.1 Å². The van der Waals surface area contributed by atoms with Gasteiger partial charge < -0.3 is 5.73 Å². The summed E-state index contributed by atoms with van der Waals surface area (Å²) in [5.74, 6) is -0.882. The van der Waals surface area contributed by atoms with E-state index in [4.69, 9.17) is 5.73 Å². The minimum absolute atomic E-state index is 0.0418. The molecular formula is C13H13FN2O. The third-order valence-corrected chi connectivity index (χ3v) is 2.64. The largest absolute Gasteiger partial charge is 0.369 e. The SMILES string of the molecule is Cc1cc(C)c2cc(CC(N)=O)cc(F)c2n1. The molecule has 0 fully saturated rings. The van der Waals surface area contributed by atoms with Crippen LogP contribution < -0.4 is 5.73 Å². The van der Waals surface area contributed by atoms with Crippen molar-refractivity contribution in [2.45, 2.75) is 20.3 Å². The number of rotatable bonds is 2. The molecule has 0 aliphatic carbocycles. The molecule has 17 heavy (non-hydrogen) atoms. The molecule has 0 aliphatic rings. The van der Waals surface area contributed by atoms with Crippen molar-refractivity contribution < 1.29 is 9.18 Å². The molecule has 2 aromatic rings. The number of primary amides is 1. The van der Waals surface area contributed by atoms with Gasteiger partial charge in [0, 0.05) is 11.1 Å². The van der Waals surface area contributed by atoms with E-state index in [9.17, 15) is 9.18 Å². The van der Waals surface area contributed by atoms with E-state index in [0.717, 1.165) is 16.6 Å². The summed E-state index contributed by atoms with van der Waals surface area (Å²) >= 11 is 0. The summed E-state index contributed by atoms with van der Waals surface area (Å²) in [6.07, 6.45) is 0.0418. The molecular weight excluding hydrogens is 219 g/mol. The van der Waals surface area contributed by atoms with Crippen molar-refractivity contribution >= 4 is 16.8 Å². The van der Waals surface area contributed by atoms with E-state index < -0.39 is 11.7 Å². The van der Waals surface area contributed by atoms with Crippen molar-refractivity contribution in [3.8, 4) is 0 Å².